The van der Waals surface area contributed by atoms with Crippen LogP contribution in [0.4, 0.5) is 11.4 Å². The fourth-order valence-corrected chi connectivity index (χ4v) is 0.872. The molecule has 1 amide bonds. The van der Waals surface area contributed by atoms with Gasteiger partial charge in [0.2, 0.25) is 0 Å². The van der Waals surface area contributed by atoms with Crippen LogP contribution >= 0.6 is 0 Å². The van der Waals surface area contributed by atoms with Crippen LogP contribution in [0.5, 0.6) is 0 Å². The minimum absolute atomic E-state index is 0.0956. The molecule has 0 atom stereocenters. The van der Waals surface area contributed by atoms with Crippen LogP contribution in [0, 0.1) is 10.1 Å². The number of hydrogen-bond donors (Lipinski definition) is 2. The Morgan fingerprint density at radius 3 is 2.54 bits per heavy atom. The maximum atomic E-state index is 10.8. The highest BCUT2D eigenvalue weighted by Gasteiger charge is 2.21. The Labute approximate surface area is 72.5 Å². The highest BCUT2D eigenvalue weighted by Crippen LogP contribution is 2.21. The normalized spacial score (nSPS) is 9.54. The Morgan fingerprint density at radius 1 is 1.54 bits per heavy atom. The predicted octanol–water partition coefficient (Wildman–Crippen LogP) is -0.329. The minimum Gasteiger partial charge on any atom is -0.397 e. The number of hydrogen-bond acceptors (Lipinski definition) is 5. The first-order valence-corrected chi connectivity index (χ1v) is 3.21. The van der Waals surface area contributed by atoms with E-state index in [0.29, 0.717) is 0 Å². The highest BCUT2D eigenvalue weighted by molar-refractivity contribution is 6.01. The molecular weight excluding hydrogens is 176 g/mol. The molecule has 0 bridgehead atoms. The van der Waals surface area contributed by atoms with E-state index in [2.05, 4.69) is 4.98 Å². The second-order valence-corrected chi connectivity index (χ2v) is 2.24. The zero-order chi connectivity index (χ0) is 10.0. The lowest BCUT2D eigenvalue weighted by Crippen LogP contribution is -2.16. The average molecular weight is 182 g/mol. The first-order valence-electron chi connectivity index (χ1n) is 3.21. The number of rotatable bonds is 2. The molecule has 7 nitrogen and oxygen atoms in total. The monoisotopic (exact) mass is 182 g/mol. The molecule has 0 aliphatic rings. The van der Waals surface area contributed by atoms with Crippen molar-refractivity contribution < 1.29 is 9.72 Å². The lowest BCUT2D eigenvalue weighted by Gasteiger charge is -2.00. The van der Waals surface area contributed by atoms with Crippen LogP contribution in [0.2, 0.25) is 0 Å². The van der Waals surface area contributed by atoms with Crippen LogP contribution in [-0.2, 0) is 0 Å². The van der Waals surface area contributed by atoms with Gasteiger partial charge in [-0.15, -0.1) is 0 Å². The molecule has 68 valence electrons. The van der Waals surface area contributed by atoms with Crippen molar-refractivity contribution in [3.8, 4) is 0 Å². The van der Waals surface area contributed by atoms with Gasteiger partial charge < -0.3 is 11.5 Å². The maximum Gasteiger partial charge on any atom is 0.302 e. The molecule has 0 saturated heterocycles. The molecule has 0 aliphatic heterocycles. The largest absolute Gasteiger partial charge is 0.397 e. The number of amides is 1. The summed E-state index contributed by atoms with van der Waals surface area (Å²) in [4.78, 5) is 23.9. The van der Waals surface area contributed by atoms with E-state index in [1.54, 1.807) is 0 Å². The van der Waals surface area contributed by atoms with Gasteiger partial charge in [-0.25, -0.2) is 0 Å². The second-order valence-electron chi connectivity index (χ2n) is 2.24. The summed E-state index contributed by atoms with van der Waals surface area (Å²) in [5.41, 5.74) is 9.31. The third kappa shape index (κ3) is 1.53. The number of nitrogens with zero attached hydrogens (tertiary/aromatic N) is 2. The SMILES string of the molecule is NC(=O)c1c(N)cncc1[N+](=O)[O-]. The van der Waals surface area contributed by atoms with Gasteiger partial charge in [0.15, 0.2) is 0 Å². The van der Waals surface area contributed by atoms with Crippen molar-refractivity contribution in [3.05, 3.63) is 28.1 Å². The van der Waals surface area contributed by atoms with Crippen molar-refractivity contribution in [2.75, 3.05) is 5.73 Å². The number of pyridine rings is 1. The van der Waals surface area contributed by atoms with Crippen LogP contribution in [0.25, 0.3) is 0 Å². The summed E-state index contributed by atoms with van der Waals surface area (Å²) in [5.74, 6) is -0.938. The van der Waals surface area contributed by atoms with Crippen molar-refractivity contribution >= 4 is 17.3 Å². The molecule has 0 aliphatic carbocycles. The standard InChI is InChI=1S/C6H6N4O3/c7-3-1-9-2-4(10(12)13)5(3)6(8)11/h1-2H,7H2,(H2,8,11). The van der Waals surface area contributed by atoms with Crippen molar-refractivity contribution in [1.82, 2.24) is 4.98 Å². The third-order valence-electron chi connectivity index (χ3n) is 1.40. The number of nitro groups is 1. The van der Waals surface area contributed by atoms with Gasteiger partial charge in [0.05, 0.1) is 16.8 Å². The molecule has 1 aromatic heterocycles. The Hall–Kier alpha value is -2.18. The van der Waals surface area contributed by atoms with Gasteiger partial charge >= 0.3 is 5.69 Å². The summed E-state index contributed by atoms with van der Waals surface area (Å²) in [5, 5.41) is 10.4. The number of carbonyl (C=O) groups is 1. The number of anilines is 1. The average Bonchev–Trinajstić information content (AvgIpc) is 2.02. The molecule has 4 N–H and O–H groups in total. The molecule has 13 heavy (non-hydrogen) atoms. The number of aromatic nitrogens is 1. The lowest BCUT2D eigenvalue weighted by atomic mass is 10.2. The van der Waals surface area contributed by atoms with Gasteiger partial charge in [-0.2, -0.15) is 0 Å². The van der Waals surface area contributed by atoms with Crippen molar-refractivity contribution in [3.63, 3.8) is 0 Å². The first-order chi connectivity index (χ1) is 6.04. The number of primary amides is 1. The van der Waals surface area contributed by atoms with E-state index in [4.69, 9.17) is 11.5 Å². The van der Waals surface area contributed by atoms with Gasteiger partial charge in [0, 0.05) is 0 Å². The van der Waals surface area contributed by atoms with Gasteiger partial charge in [0.1, 0.15) is 11.8 Å². The van der Waals surface area contributed by atoms with Crippen LogP contribution < -0.4 is 11.5 Å². The second kappa shape index (κ2) is 3.05. The van der Waals surface area contributed by atoms with Crippen molar-refractivity contribution in [2.45, 2.75) is 0 Å². The summed E-state index contributed by atoms with van der Waals surface area (Å²) in [7, 11) is 0. The number of nitrogen functional groups attached to an aromatic ring is 1. The molecule has 0 saturated carbocycles. The van der Waals surface area contributed by atoms with Gasteiger partial charge in [-0.3, -0.25) is 19.9 Å². The van der Waals surface area contributed by atoms with Gasteiger partial charge in [-0.1, -0.05) is 0 Å². The lowest BCUT2D eigenvalue weighted by molar-refractivity contribution is -0.385. The fraction of sp³-hybridized carbons (Fsp3) is 0. The highest BCUT2D eigenvalue weighted by atomic mass is 16.6. The van der Waals surface area contributed by atoms with Gasteiger partial charge in [-0.05, 0) is 0 Å². The Bertz CT molecular complexity index is 376. The van der Waals surface area contributed by atoms with E-state index in [9.17, 15) is 14.9 Å². The summed E-state index contributed by atoms with van der Waals surface area (Å²) >= 11 is 0. The van der Waals surface area contributed by atoms with Crippen LogP contribution in [-0.4, -0.2) is 15.8 Å². The zero-order valence-electron chi connectivity index (χ0n) is 6.43. The van der Waals surface area contributed by atoms with E-state index in [1.165, 1.54) is 0 Å². The van der Waals surface area contributed by atoms with E-state index < -0.39 is 16.5 Å². The minimum atomic E-state index is -0.938. The molecular formula is C6H6N4O3. The number of nitrogens with two attached hydrogens (primary N) is 2. The maximum absolute atomic E-state index is 10.8. The Kier molecular flexibility index (Phi) is 2.09. The van der Waals surface area contributed by atoms with E-state index in [1.807, 2.05) is 0 Å². The first kappa shape index (κ1) is 8.91. The molecule has 0 unspecified atom stereocenters. The molecule has 1 aromatic rings. The molecule has 0 radical (unpaired) electrons. The van der Waals surface area contributed by atoms with Gasteiger partial charge in [0.25, 0.3) is 5.91 Å². The topological polar surface area (TPSA) is 125 Å². The van der Waals surface area contributed by atoms with Crippen LogP contribution in [0.1, 0.15) is 10.4 Å². The quantitative estimate of drug-likeness (QED) is 0.478. The molecule has 0 fully saturated rings. The third-order valence-corrected chi connectivity index (χ3v) is 1.40. The summed E-state index contributed by atoms with van der Waals surface area (Å²) in [6, 6.07) is 0. The summed E-state index contributed by atoms with van der Waals surface area (Å²) in [6.07, 6.45) is 2.06. The smallest absolute Gasteiger partial charge is 0.302 e. The molecule has 0 spiro atoms. The summed E-state index contributed by atoms with van der Waals surface area (Å²) < 4.78 is 0. The van der Waals surface area contributed by atoms with E-state index in [-0.39, 0.29) is 11.3 Å². The number of carbonyl (C=O) groups excluding carboxylic acids is 1. The zero-order valence-corrected chi connectivity index (χ0v) is 6.43. The molecule has 0 aromatic carbocycles. The summed E-state index contributed by atoms with van der Waals surface area (Å²) in [6.45, 7) is 0. The van der Waals surface area contributed by atoms with Crippen LogP contribution in [0.3, 0.4) is 0 Å². The molecule has 1 rings (SSSR count). The molecule has 7 heteroatoms. The Morgan fingerprint density at radius 2 is 2.15 bits per heavy atom. The van der Waals surface area contributed by atoms with E-state index in [0.717, 1.165) is 12.4 Å². The van der Waals surface area contributed by atoms with Crippen LogP contribution in [0.15, 0.2) is 12.4 Å². The predicted molar refractivity (Wildman–Crippen MR) is 43.8 cm³/mol. The molecule has 1 heterocycles. The van der Waals surface area contributed by atoms with E-state index >= 15 is 0 Å². The Balaban J connectivity index is 3.43. The fourth-order valence-electron chi connectivity index (χ4n) is 0.872. The van der Waals surface area contributed by atoms with Crippen molar-refractivity contribution in [2.24, 2.45) is 5.73 Å². The van der Waals surface area contributed by atoms with Crippen molar-refractivity contribution in [1.29, 1.82) is 0 Å².